The number of hydrogen-bond donors (Lipinski definition) is 0. The van der Waals surface area contributed by atoms with E-state index in [2.05, 4.69) is 0 Å². The van der Waals surface area contributed by atoms with Crippen molar-refractivity contribution in [3.05, 3.63) is 0 Å². The normalized spacial score (nSPS) is 42.9. The Morgan fingerprint density at radius 1 is 0.950 bits per heavy atom. The van der Waals surface area contributed by atoms with Gasteiger partial charge in [-0.1, -0.05) is 0 Å². The molecule has 0 aromatic carbocycles. The molecule has 3 aliphatic heterocycles. The largest absolute Gasteiger partial charge is 0.465 e. The first kappa shape index (κ1) is 14.3. The smallest absolute Gasteiger partial charge is 0.306 e. The van der Waals surface area contributed by atoms with Gasteiger partial charge in [-0.25, -0.2) is 0 Å². The molecule has 0 saturated carbocycles. The van der Waals surface area contributed by atoms with Crippen molar-refractivity contribution in [2.45, 2.75) is 64.0 Å². The highest BCUT2D eigenvalue weighted by Crippen LogP contribution is 2.40. The Bertz CT molecular complexity index is 404. The minimum atomic E-state index is -0.683. The molecule has 0 aromatic rings. The van der Waals surface area contributed by atoms with E-state index in [-0.39, 0.29) is 30.2 Å². The van der Waals surface area contributed by atoms with Crippen LogP contribution in [0.2, 0.25) is 0 Å². The Labute approximate surface area is 118 Å². The lowest BCUT2D eigenvalue weighted by atomic mass is 9.94. The predicted molar refractivity (Wildman–Crippen MR) is 67.8 cm³/mol. The van der Waals surface area contributed by atoms with Crippen molar-refractivity contribution in [3.63, 3.8) is 0 Å². The van der Waals surface area contributed by atoms with Crippen molar-refractivity contribution in [2.24, 2.45) is 5.92 Å². The summed E-state index contributed by atoms with van der Waals surface area (Å²) in [4.78, 5) is 11.3. The fourth-order valence-corrected chi connectivity index (χ4v) is 3.09. The summed E-state index contributed by atoms with van der Waals surface area (Å²) in [6, 6.07) is 0. The van der Waals surface area contributed by atoms with Crippen LogP contribution in [-0.2, 0) is 28.5 Å². The van der Waals surface area contributed by atoms with Crippen LogP contribution in [0.5, 0.6) is 0 Å². The van der Waals surface area contributed by atoms with E-state index in [0.29, 0.717) is 19.6 Å². The summed E-state index contributed by atoms with van der Waals surface area (Å²) in [6.07, 6.45) is -0.268. The number of carbonyl (C=O) groups excluding carboxylic acids is 1. The molecule has 0 radical (unpaired) electrons. The van der Waals surface area contributed by atoms with Crippen LogP contribution in [0, 0.1) is 5.92 Å². The Morgan fingerprint density at radius 2 is 1.65 bits per heavy atom. The van der Waals surface area contributed by atoms with E-state index in [0.717, 1.165) is 0 Å². The van der Waals surface area contributed by atoms with Crippen molar-refractivity contribution in [3.8, 4) is 0 Å². The third-order valence-corrected chi connectivity index (χ3v) is 3.91. The standard InChI is InChI=1S/C14H22O6/c1-13(2)17-7-9(18-13)12-11(19-14(3,4)20-12)8-5-10(15)16-6-8/h8-9,11-12H,5-7H2,1-4H3/t8-,9+,11+,12+/m0/s1. The van der Waals surface area contributed by atoms with Crippen LogP contribution < -0.4 is 0 Å². The van der Waals surface area contributed by atoms with Crippen molar-refractivity contribution in [1.29, 1.82) is 0 Å². The van der Waals surface area contributed by atoms with Gasteiger partial charge in [0, 0.05) is 5.92 Å². The molecule has 0 bridgehead atoms. The summed E-state index contributed by atoms with van der Waals surface area (Å²) in [5.41, 5.74) is 0. The van der Waals surface area contributed by atoms with Gasteiger partial charge in [0.2, 0.25) is 0 Å². The molecule has 4 atom stereocenters. The van der Waals surface area contributed by atoms with Crippen LogP contribution in [0.4, 0.5) is 0 Å². The molecule has 0 aromatic heterocycles. The minimum Gasteiger partial charge on any atom is -0.465 e. The van der Waals surface area contributed by atoms with Gasteiger partial charge < -0.3 is 23.7 Å². The van der Waals surface area contributed by atoms with Gasteiger partial charge in [-0.2, -0.15) is 0 Å². The third-order valence-electron chi connectivity index (χ3n) is 3.91. The summed E-state index contributed by atoms with van der Waals surface area (Å²) in [7, 11) is 0. The molecular weight excluding hydrogens is 264 g/mol. The quantitative estimate of drug-likeness (QED) is 0.711. The Morgan fingerprint density at radius 3 is 2.20 bits per heavy atom. The number of carbonyl (C=O) groups is 1. The summed E-state index contributed by atoms with van der Waals surface area (Å²) in [5, 5.41) is 0. The van der Waals surface area contributed by atoms with Crippen LogP contribution >= 0.6 is 0 Å². The van der Waals surface area contributed by atoms with E-state index < -0.39 is 11.6 Å². The van der Waals surface area contributed by atoms with Gasteiger partial charge in [0.05, 0.1) is 25.7 Å². The Hall–Kier alpha value is -0.690. The third kappa shape index (κ3) is 2.70. The molecule has 0 aliphatic carbocycles. The maximum Gasteiger partial charge on any atom is 0.306 e. The maximum atomic E-state index is 11.3. The predicted octanol–water partition coefficient (Wildman–Crippen LogP) is 1.22. The van der Waals surface area contributed by atoms with Gasteiger partial charge in [-0.3, -0.25) is 4.79 Å². The average molecular weight is 286 g/mol. The number of esters is 1. The number of hydrogen-bond acceptors (Lipinski definition) is 6. The SMILES string of the molecule is CC1(C)O[C@H]([C@@H]2COC(=O)C2)[C@@H]([C@H]2COC(C)(C)O2)O1. The zero-order valence-electron chi connectivity index (χ0n) is 12.4. The molecule has 0 amide bonds. The molecule has 0 spiro atoms. The molecule has 20 heavy (non-hydrogen) atoms. The Balaban J connectivity index is 1.75. The highest BCUT2D eigenvalue weighted by Gasteiger charge is 2.53. The first-order valence-electron chi connectivity index (χ1n) is 7.09. The van der Waals surface area contributed by atoms with Gasteiger partial charge in [0.1, 0.15) is 12.2 Å². The van der Waals surface area contributed by atoms with E-state index >= 15 is 0 Å². The zero-order chi connectivity index (χ0) is 14.5. The highest BCUT2D eigenvalue weighted by molar-refractivity contribution is 5.71. The van der Waals surface area contributed by atoms with E-state index in [1.807, 2.05) is 27.7 Å². The zero-order valence-corrected chi connectivity index (χ0v) is 12.4. The molecule has 3 saturated heterocycles. The lowest BCUT2D eigenvalue weighted by molar-refractivity contribution is -0.175. The molecule has 3 fully saturated rings. The molecule has 3 heterocycles. The van der Waals surface area contributed by atoms with Crippen LogP contribution in [0.25, 0.3) is 0 Å². The fraction of sp³-hybridized carbons (Fsp3) is 0.929. The van der Waals surface area contributed by atoms with Crippen molar-refractivity contribution < 1.29 is 28.5 Å². The lowest BCUT2D eigenvalue weighted by Gasteiger charge is -2.25. The molecule has 3 aliphatic rings. The molecule has 3 rings (SSSR count). The molecule has 6 heteroatoms. The van der Waals surface area contributed by atoms with Crippen molar-refractivity contribution >= 4 is 5.97 Å². The first-order valence-corrected chi connectivity index (χ1v) is 7.09. The minimum absolute atomic E-state index is 0.0154. The molecule has 6 nitrogen and oxygen atoms in total. The van der Waals surface area contributed by atoms with Gasteiger partial charge >= 0.3 is 5.97 Å². The molecular formula is C14H22O6. The van der Waals surface area contributed by atoms with Gasteiger partial charge in [-0.05, 0) is 27.7 Å². The van der Waals surface area contributed by atoms with Gasteiger partial charge in [0.15, 0.2) is 11.6 Å². The lowest BCUT2D eigenvalue weighted by Crippen LogP contribution is -2.42. The number of cyclic esters (lactones) is 1. The van der Waals surface area contributed by atoms with Crippen LogP contribution in [0.15, 0.2) is 0 Å². The van der Waals surface area contributed by atoms with Crippen LogP contribution in [0.1, 0.15) is 34.1 Å². The van der Waals surface area contributed by atoms with Crippen molar-refractivity contribution in [1.82, 2.24) is 0 Å². The van der Waals surface area contributed by atoms with E-state index in [1.165, 1.54) is 0 Å². The molecule has 0 N–H and O–H groups in total. The molecule has 114 valence electrons. The summed E-state index contributed by atoms with van der Waals surface area (Å²) in [5.74, 6) is -1.45. The second kappa shape index (κ2) is 4.66. The fourth-order valence-electron chi connectivity index (χ4n) is 3.09. The average Bonchev–Trinajstić information content (AvgIpc) is 2.96. The summed E-state index contributed by atoms with van der Waals surface area (Å²) in [6.45, 7) is 8.36. The van der Waals surface area contributed by atoms with E-state index in [4.69, 9.17) is 23.7 Å². The summed E-state index contributed by atoms with van der Waals surface area (Å²) < 4.78 is 28.5. The van der Waals surface area contributed by atoms with Gasteiger partial charge in [0.25, 0.3) is 0 Å². The second-order valence-electron chi connectivity index (χ2n) is 6.58. The topological polar surface area (TPSA) is 63.2 Å². The van der Waals surface area contributed by atoms with Crippen LogP contribution in [0.3, 0.4) is 0 Å². The van der Waals surface area contributed by atoms with E-state index in [9.17, 15) is 4.79 Å². The van der Waals surface area contributed by atoms with Crippen molar-refractivity contribution in [2.75, 3.05) is 13.2 Å². The van der Waals surface area contributed by atoms with Gasteiger partial charge in [-0.15, -0.1) is 0 Å². The number of ether oxygens (including phenoxy) is 5. The second-order valence-corrected chi connectivity index (χ2v) is 6.58. The maximum absolute atomic E-state index is 11.3. The highest BCUT2D eigenvalue weighted by atomic mass is 16.8. The monoisotopic (exact) mass is 286 g/mol. The number of rotatable bonds is 2. The summed E-state index contributed by atoms with van der Waals surface area (Å²) >= 11 is 0. The molecule has 0 unspecified atom stereocenters. The van der Waals surface area contributed by atoms with Crippen LogP contribution in [-0.4, -0.2) is 49.1 Å². The Kier molecular flexibility index (Phi) is 3.32. The van der Waals surface area contributed by atoms with E-state index in [1.54, 1.807) is 0 Å². The first-order chi connectivity index (χ1) is 9.26.